The van der Waals surface area contributed by atoms with Gasteiger partial charge in [-0.1, -0.05) is 26.7 Å². The highest BCUT2D eigenvalue weighted by Crippen LogP contribution is 2.40. The normalized spacial score (nSPS) is 10.6. The van der Waals surface area contributed by atoms with E-state index in [1.54, 1.807) is 0 Å². The summed E-state index contributed by atoms with van der Waals surface area (Å²) in [6.07, 6.45) is 4.40. The molecule has 0 N–H and O–H groups in total. The van der Waals surface area contributed by atoms with Gasteiger partial charge in [-0.25, -0.2) is 0 Å². The molecule has 0 saturated carbocycles. The van der Waals surface area contributed by atoms with Crippen LogP contribution in [0.3, 0.4) is 0 Å². The fourth-order valence-corrected chi connectivity index (χ4v) is 2.41. The maximum absolute atomic E-state index is 5.95. The second kappa shape index (κ2) is 8.47. The van der Waals surface area contributed by atoms with Gasteiger partial charge in [-0.15, -0.1) is 0 Å². The molecular formula is C16H25BrO2. The van der Waals surface area contributed by atoms with Crippen LogP contribution in [-0.4, -0.2) is 13.2 Å². The standard InChI is InChI=1S/C16H25BrO2/c1-5-7-9-18-15-13(4)12(3)11-14(17)16(15)19-10-8-6-2/h11H,5-10H2,1-4H3. The van der Waals surface area contributed by atoms with Crippen LogP contribution >= 0.6 is 15.9 Å². The molecule has 0 saturated heterocycles. The summed E-state index contributed by atoms with van der Waals surface area (Å²) in [5.41, 5.74) is 2.40. The van der Waals surface area contributed by atoms with Gasteiger partial charge < -0.3 is 9.47 Å². The Kier molecular flexibility index (Phi) is 7.29. The lowest BCUT2D eigenvalue weighted by molar-refractivity contribution is 0.259. The summed E-state index contributed by atoms with van der Waals surface area (Å²) in [5, 5.41) is 0. The number of rotatable bonds is 8. The molecule has 0 heterocycles. The van der Waals surface area contributed by atoms with Crippen molar-refractivity contribution >= 4 is 15.9 Å². The third-order valence-corrected chi connectivity index (χ3v) is 3.78. The molecule has 0 atom stereocenters. The maximum Gasteiger partial charge on any atom is 0.175 e. The number of benzene rings is 1. The molecule has 0 spiro atoms. The van der Waals surface area contributed by atoms with Gasteiger partial charge >= 0.3 is 0 Å². The zero-order valence-corrected chi connectivity index (χ0v) is 14.1. The molecule has 19 heavy (non-hydrogen) atoms. The average Bonchev–Trinajstić information content (AvgIpc) is 2.38. The Morgan fingerprint density at radius 1 is 0.947 bits per heavy atom. The molecule has 1 aromatic rings. The molecular weight excluding hydrogens is 304 g/mol. The summed E-state index contributed by atoms with van der Waals surface area (Å²) in [7, 11) is 0. The first-order chi connectivity index (χ1) is 9.11. The second-order valence-electron chi connectivity index (χ2n) is 4.86. The highest BCUT2D eigenvalue weighted by Gasteiger charge is 2.15. The number of aryl methyl sites for hydroxylation is 1. The van der Waals surface area contributed by atoms with E-state index in [-0.39, 0.29) is 0 Å². The molecule has 3 heteroatoms. The van der Waals surface area contributed by atoms with Crippen LogP contribution in [0.2, 0.25) is 0 Å². The van der Waals surface area contributed by atoms with Crippen LogP contribution < -0.4 is 9.47 Å². The number of halogens is 1. The summed E-state index contributed by atoms with van der Waals surface area (Å²) in [6, 6.07) is 2.10. The van der Waals surface area contributed by atoms with Crippen molar-refractivity contribution in [2.45, 2.75) is 53.4 Å². The molecule has 0 amide bonds. The minimum Gasteiger partial charge on any atom is -0.489 e. The fourth-order valence-electron chi connectivity index (χ4n) is 1.77. The van der Waals surface area contributed by atoms with Gasteiger partial charge in [-0.2, -0.15) is 0 Å². The van der Waals surface area contributed by atoms with Crippen molar-refractivity contribution in [3.05, 3.63) is 21.7 Å². The number of ether oxygens (including phenoxy) is 2. The smallest absolute Gasteiger partial charge is 0.175 e. The summed E-state index contributed by atoms with van der Waals surface area (Å²) in [6.45, 7) is 10.0. The monoisotopic (exact) mass is 328 g/mol. The molecule has 2 nitrogen and oxygen atoms in total. The Balaban J connectivity index is 2.93. The van der Waals surface area contributed by atoms with E-state index in [1.165, 1.54) is 11.1 Å². The van der Waals surface area contributed by atoms with Gasteiger partial charge in [-0.05, 0) is 59.8 Å². The molecule has 1 rings (SSSR count). The molecule has 0 aromatic heterocycles. The van der Waals surface area contributed by atoms with Gasteiger partial charge in [0.2, 0.25) is 0 Å². The summed E-state index contributed by atoms with van der Waals surface area (Å²) in [5.74, 6) is 1.75. The Bertz CT molecular complexity index is 402. The molecule has 0 bridgehead atoms. The van der Waals surface area contributed by atoms with Crippen LogP contribution in [0.25, 0.3) is 0 Å². The zero-order valence-electron chi connectivity index (χ0n) is 12.5. The second-order valence-corrected chi connectivity index (χ2v) is 5.72. The van der Waals surface area contributed by atoms with Crippen molar-refractivity contribution in [1.29, 1.82) is 0 Å². The molecule has 0 unspecified atom stereocenters. The highest BCUT2D eigenvalue weighted by atomic mass is 79.9. The minimum atomic E-state index is 0.738. The first-order valence-electron chi connectivity index (χ1n) is 7.17. The quantitative estimate of drug-likeness (QED) is 0.593. The SMILES string of the molecule is CCCCOc1c(Br)cc(C)c(C)c1OCCCC. The van der Waals surface area contributed by atoms with E-state index in [2.05, 4.69) is 49.7 Å². The predicted octanol–water partition coefficient (Wildman–Crippen LogP) is 5.42. The van der Waals surface area contributed by atoms with Crippen molar-refractivity contribution in [3.63, 3.8) is 0 Å². The van der Waals surface area contributed by atoms with Gasteiger partial charge in [0.25, 0.3) is 0 Å². The van der Waals surface area contributed by atoms with Crippen LogP contribution in [0, 0.1) is 13.8 Å². The van der Waals surface area contributed by atoms with Crippen LogP contribution in [0.4, 0.5) is 0 Å². The average molecular weight is 329 g/mol. The third kappa shape index (κ3) is 4.72. The molecule has 0 aliphatic heterocycles. The lowest BCUT2D eigenvalue weighted by atomic mass is 10.1. The van der Waals surface area contributed by atoms with Crippen molar-refractivity contribution in [2.75, 3.05) is 13.2 Å². The first-order valence-corrected chi connectivity index (χ1v) is 7.96. The van der Waals surface area contributed by atoms with Gasteiger partial charge in [0, 0.05) is 0 Å². The van der Waals surface area contributed by atoms with Gasteiger partial charge in [-0.3, -0.25) is 0 Å². The fraction of sp³-hybridized carbons (Fsp3) is 0.625. The van der Waals surface area contributed by atoms with Gasteiger partial charge in [0.15, 0.2) is 11.5 Å². The van der Waals surface area contributed by atoms with E-state index < -0.39 is 0 Å². The zero-order chi connectivity index (χ0) is 14.3. The number of hydrogen-bond acceptors (Lipinski definition) is 2. The molecule has 0 fully saturated rings. The Morgan fingerprint density at radius 3 is 2.00 bits per heavy atom. The van der Waals surface area contributed by atoms with E-state index in [0.29, 0.717) is 0 Å². The van der Waals surface area contributed by atoms with Crippen molar-refractivity contribution in [2.24, 2.45) is 0 Å². The van der Waals surface area contributed by atoms with Crippen LogP contribution in [0.1, 0.15) is 50.7 Å². The number of hydrogen-bond donors (Lipinski definition) is 0. The van der Waals surface area contributed by atoms with Crippen molar-refractivity contribution in [1.82, 2.24) is 0 Å². The summed E-state index contributed by atoms with van der Waals surface area (Å²) < 4.78 is 12.8. The van der Waals surface area contributed by atoms with E-state index in [0.717, 1.165) is 54.9 Å². The van der Waals surface area contributed by atoms with Gasteiger partial charge in [0.05, 0.1) is 17.7 Å². The van der Waals surface area contributed by atoms with Crippen molar-refractivity contribution in [3.8, 4) is 11.5 Å². The van der Waals surface area contributed by atoms with E-state index in [9.17, 15) is 0 Å². The third-order valence-electron chi connectivity index (χ3n) is 3.19. The molecule has 0 aliphatic rings. The van der Waals surface area contributed by atoms with E-state index in [1.807, 2.05) is 0 Å². The molecule has 108 valence electrons. The topological polar surface area (TPSA) is 18.5 Å². The Hall–Kier alpha value is -0.700. The van der Waals surface area contributed by atoms with E-state index >= 15 is 0 Å². The lowest BCUT2D eigenvalue weighted by Gasteiger charge is -2.18. The van der Waals surface area contributed by atoms with Crippen molar-refractivity contribution < 1.29 is 9.47 Å². The van der Waals surface area contributed by atoms with Gasteiger partial charge in [0.1, 0.15) is 0 Å². The van der Waals surface area contributed by atoms with E-state index in [4.69, 9.17) is 9.47 Å². The number of unbranched alkanes of at least 4 members (excludes halogenated alkanes) is 2. The van der Waals surface area contributed by atoms with Crippen LogP contribution in [-0.2, 0) is 0 Å². The van der Waals surface area contributed by atoms with Crippen LogP contribution in [0.15, 0.2) is 10.5 Å². The largest absolute Gasteiger partial charge is 0.489 e. The molecule has 1 aromatic carbocycles. The molecule has 0 radical (unpaired) electrons. The predicted molar refractivity (Wildman–Crippen MR) is 84.4 cm³/mol. The Morgan fingerprint density at radius 2 is 1.47 bits per heavy atom. The summed E-state index contributed by atoms with van der Waals surface area (Å²) >= 11 is 3.59. The first kappa shape index (κ1) is 16.4. The summed E-state index contributed by atoms with van der Waals surface area (Å²) in [4.78, 5) is 0. The lowest BCUT2D eigenvalue weighted by Crippen LogP contribution is -2.05. The molecule has 0 aliphatic carbocycles. The highest BCUT2D eigenvalue weighted by molar-refractivity contribution is 9.10. The van der Waals surface area contributed by atoms with Crippen LogP contribution in [0.5, 0.6) is 11.5 Å². The minimum absolute atomic E-state index is 0.738. The maximum atomic E-state index is 5.95. The Labute approximate surface area is 125 Å².